The normalized spacial score (nSPS) is 9.80. The lowest BCUT2D eigenvalue weighted by molar-refractivity contribution is -0.108. The number of aromatic nitrogens is 1. The molecule has 0 radical (unpaired) electrons. The lowest BCUT2D eigenvalue weighted by atomic mass is 9.99. The molecule has 208 valence electrons. The zero-order chi connectivity index (χ0) is 29.9. The molecule has 0 aliphatic heterocycles. The van der Waals surface area contributed by atoms with Crippen molar-refractivity contribution in [2.45, 2.75) is 40.0 Å². The third-order valence-electron chi connectivity index (χ3n) is 5.41. The molecule has 4 aromatic rings. The van der Waals surface area contributed by atoms with Gasteiger partial charge in [-0.3, -0.25) is 4.79 Å². The number of aryl methyl sites for hydroxylation is 2. The van der Waals surface area contributed by atoms with Gasteiger partial charge in [0, 0.05) is 17.3 Å². The molecule has 3 aromatic carbocycles. The summed E-state index contributed by atoms with van der Waals surface area (Å²) in [7, 11) is 1.42. The molecule has 0 fully saturated rings. The highest BCUT2D eigenvalue weighted by Crippen LogP contribution is 2.19. The van der Waals surface area contributed by atoms with E-state index in [2.05, 4.69) is 66.9 Å². The third-order valence-corrected chi connectivity index (χ3v) is 5.64. The number of hydrogen-bond donors (Lipinski definition) is 1. The van der Waals surface area contributed by atoms with Gasteiger partial charge in [-0.15, -0.1) is 25.5 Å². The van der Waals surface area contributed by atoms with Gasteiger partial charge in [0.05, 0.1) is 23.9 Å². The molecule has 4 nitrogen and oxygen atoms in total. The first-order valence-electron chi connectivity index (χ1n) is 12.9. The predicted molar refractivity (Wildman–Crippen MR) is 173 cm³/mol. The number of methoxy groups -OCH3 is 1. The summed E-state index contributed by atoms with van der Waals surface area (Å²) in [5, 5.41) is 1.62. The number of rotatable bonds is 7. The Hall–Kier alpha value is -3.85. The summed E-state index contributed by atoms with van der Waals surface area (Å²) in [5.74, 6) is -0.280. The van der Waals surface area contributed by atoms with Gasteiger partial charge < -0.3 is 4.74 Å². The molecule has 0 saturated heterocycles. The fraction of sp³-hybridized carbons (Fsp3) is 0.206. The van der Waals surface area contributed by atoms with Crippen molar-refractivity contribution in [3.8, 4) is 12.8 Å². The van der Waals surface area contributed by atoms with Crippen LogP contribution < -0.4 is 0 Å². The van der Waals surface area contributed by atoms with Gasteiger partial charge in [-0.1, -0.05) is 86.1 Å². The summed E-state index contributed by atoms with van der Waals surface area (Å²) >= 11 is 9.42. The fourth-order valence-corrected chi connectivity index (χ4v) is 3.93. The summed E-state index contributed by atoms with van der Waals surface area (Å²) in [6.45, 7) is 5.39. The van der Waals surface area contributed by atoms with Crippen LogP contribution in [0.1, 0.15) is 59.9 Å². The van der Waals surface area contributed by atoms with Crippen molar-refractivity contribution < 1.29 is 14.3 Å². The van der Waals surface area contributed by atoms with E-state index in [4.69, 9.17) is 16.3 Å². The lowest BCUT2D eigenvalue weighted by Gasteiger charge is -2.08. The molecule has 0 aliphatic carbocycles. The van der Waals surface area contributed by atoms with E-state index >= 15 is 0 Å². The molecule has 0 saturated carbocycles. The summed E-state index contributed by atoms with van der Waals surface area (Å²) in [4.78, 5) is 25.9. The van der Waals surface area contributed by atoms with Crippen molar-refractivity contribution in [3.63, 3.8) is 0 Å². The largest absolute Gasteiger partial charge is 0.465 e. The Balaban J connectivity index is 0.000000902. The van der Waals surface area contributed by atoms with Crippen LogP contribution in [0, 0.1) is 12.8 Å². The second-order valence-electron chi connectivity index (χ2n) is 8.17. The second-order valence-corrected chi connectivity index (χ2v) is 9.24. The van der Waals surface area contributed by atoms with E-state index in [1.165, 1.54) is 19.6 Å². The van der Waals surface area contributed by atoms with Gasteiger partial charge in [-0.05, 0) is 66.3 Å². The van der Waals surface area contributed by atoms with Gasteiger partial charge in [0.25, 0.3) is 0 Å². The molecule has 0 unspecified atom stereocenters. The van der Waals surface area contributed by atoms with Gasteiger partial charge in [0.2, 0.25) is 0 Å². The maximum Gasteiger partial charge on any atom is 0.338 e. The smallest absolute Gasteiger partial charge is 0.338 e. The zero-order valence-electron chi connectivity index (χ0n) is 23.4. The predicted octanol–water partition coefficient (Wildman–Crippen LogP) is 8.76. The third kappa shape index (κ3) is 11.9. The molecule has 1 aromatic heterocycles. The number of terminal acetylenes is 1. The summed E-state index contributed by atoms with van der Waals surface area (Å²) in [5.41, 5.74) is 5.85. The van der Waals surface area contributed by atoms with Crippen molar-refractivity contribution in [1.82, 2.24) is 4.98 Å². The van der Waals surface area contributed by atoms with Gasteiger partial charge in [0.15, 0.2) is 5.12 Å². The van der Waals surface area contributed by atoms with Crippen LogP contribution in [0.15, 0.2) is 78.9 Å². The summed E-state index contributed by atoms with van der Waals surface area (Å²) in [6, 6.07) is 25.9. The topological polar surface area (TPSA) is 56.3 Å². The van der Waals surface area contributed by atoms with E-state index in [0.29, 0.717) is 10.6 Å². The van der Waals surface area contributed by atoms with Crippen molar-refractivity contribution in [2.24, 2.45) is 0 Å². The van der Waals surface area contributed by atoms with E-state index in [9.17, 15) is 9.59 Å². The van der Waals surface area contributed by atoms with E-state index in [-0.39, 0.29) is 11.1 Å². The number of benzene rings is 3. The Labute approximate surface area is 248 Å². The first-order chi connectivity index (χ1) is 19.4. The molecule has 6 heteroatoms. The molecule has 1 heterocycles. The van der Waals surface area contributed by atoms with Crippen LogP contribution in [0.5, 0.6) is 0 Å². The van der Waals surface area contributed by atoms with E-state index < -0.39 is 0 Å². The van der Waals surface area contributed by atoms with Gasteiger partial charge in [0.1, 0.15) is 0 Å². The molecule has 0 aliphatic rings. The molecule has 0 spiro atoms. The number of hydrogen-bond acceptors (Lipinski definition) is 4. The fourth-order valence-electron chi connectivity index (χ4n) is 3.76. The number of carbonyl (C=O) groups excluding carboxylic acids is 2. The average molecular weight is 574 g/mol. The van der Waals surface area contributed by atoms with Crippen molar-refractivity contribution >= 4 is 58.4 Å². The SMILES string of the molecule is C#C.CC.CC(=O)S.COC(=O)c1ccccc1CCCc1cccc(/C=C/c2ccc3ccc(Cl)cc3n2)c1. The van der Waals surface area contributed by atoms with Crippen LogP contribution in [0.3, 0.4) is 0 Å². The summed E-state index contributed by atoms with van der Waals surface area (Å²) in [6.07, 6.45) is 14.8. The number of esters is 1. The van der Waals surface area contributed by atoms with Crippen LogP contribution in [-0.4, -0.2) is 23.2 Å². The number of carbonyl (C=O) groups is 2. The molecular weight excluding hydrogens is 538 g/mol. The standard InChI is InChI=1S/C28H24ClNO2.C2H4OS.C2H6.C2H2/c1-32-28(31)26-11-3-2-9-22(26)10-5-8-20-6-4-7-21(18-20)12-16-25-17-14-23-13-15-24(29)19-27(23)30-25;1-2(3)4;2*1-2/h2-4,6-7,9,11-19H,5,8,10H2,1H3;1H3,(H,3,4);1-2H3;1-2H/b16-12+;;;. The molecule has 0 amide bonds. The number of ether oxygens (including phenoxy) is 1. The number of nitrogens with zero attached hydrogens (tertiary/aromatic N) is 1. The van der Waals surface area contributed by atoms with Gasteiger partial charge in [-0.2, -0.15) is 0 Å². The highest BCUT2D eigenvalue weighted by Gasteiger charge is 2.10. The number of thiol groups is 1. The molecule has 0 atom stereocenters. The molecule has 0 N–H and O–H groups in total. The first kappa shape index (κ1) is 34.2. The molecular formula is C34H36ClNO3S. The summed E-state index contributed by atoms with van der Waals surface area (Å²) < 4.78 is 4.89. The Morgan fingerprint density at radius 2 is 1.60 bits per heavy atom. The van der Waals surface area contributed by atoms with Gasteiger partial charge >= 0.3 is 5.97 Å². The number of fused-ring (bicyclic) bond motifs is 1. The molecule has 40 heavy (non-hydrogen) atoms. The Morgan fingerprint density at radius 3 is 2.30 bits per heavy atom. The zero-order valence-corrected chi connectivity index (χ0v) is 25.1. The van der Waals surface area contributed by atoms with Crippen LogP contribution >= 0.6 is 24.2 Å². The number of pyridine rings is 1. The quantitative estimate of drug-likeness (QED) is 0.136. The monoisotopic (exact) mass is 573 g/mol. The minimum absolute atomic E-state index is 0.139. The Morgan fingerprint density at radius 1 is 0.925 bits per heavy atom. The minimum Gasteiger partial charge on any atom is -0.465 e. The van der Waals surface area contributed by atoms with Crippen LogP contribution in [0.2, 0.25) is 5.02 Å². The van der Waals surface area contributed by atoms with Crippen LogP contribution in [0.25, 0.3) is 23.1 Å². The minimum atomic E-state index is -0.280. The lowest BCUT2D eigenvalue weighted by Crippen LogP contribution is -2.05. The van der Waals surface area contributed by atoms with E-state index in [1.54, 1.807) is 0 Å². The Kier molecular flexibility index (Phi) is 16.4. The average Bonchev–Trinajstić information content (AvgIpc) is 2.98. The molecule has 0 bridgehead atoms. The van der Waals surface area contributed by atoms with E-state index in [1.807, 2.05) is 68.5 Å². The van der Waals surface area contributed by atoms with Crippen molar-refractivity contribution in [1.29, 1.82) is 0 Å². The molecule has 4 rings (SSSR count). The van der Waals surface area contributed by atoms with Gasteiger partial charge in [-0.25, -0.2) is 9.78 Å². The van der Waals surface area contributed by atoms with E-state index in [0.717, 1.165) is 47.0 Å². The maximum absolute atomic E-state index is 11.9. The highest BCUT2D eigenvalue weighted by atomic mass is 35.5. The second kappa shape index (κ2) is 19.2. The van der Waals surface area contributed by atoms with Crippen molar-refractivity contribution in [2.75, 3.05) is 7.11 Å². The maximum atomic E-state index is 11.9. The number of halogens is 1. The van der Waals surface area contributed by atoms with Crippen molar-refractivity contribution in [3.05, 3.63) is 112 Å². The van der Waals surface area contributed by atoms with Crippen LogP contribution in [0.4, 0.5) is 0 Å². The highest BCUT2D eigenvalue weighted by molar-refractivity contribution is 7.96. The Bertz CT molecular complexity index is 1430. The first-order valence-corrected chi connectivity index (χ1v) is 13.7. The van der Waals surface area contributed by atoms with Crippen LogP contribution in [-0.2, 0) is 22.4 Å².